The molecule has 0 unspecified atom stereocenters. The van der Waals surface area contributed by atoms with Crippen molar-refractivity contribution in [3.8, 4) is 5.75 Å². The fourth-order valence-electron chi connectivity index (χ4n) is 2.80. The fraction of sp³-hybridized carbons (Fsp3) is 0.625. The first-order valence-electron chi connectivity index (χ1n) is 7.49. The Bertz CT molecular complexity index is 496. The van der Waals surface area contributed by atoms with E-state index in [-0.39, 0.29) is 12.0 Å². The van der Waals surface area contributed by atoms with Crippen molar-refractivity contribution in [1.82, 2.24) is 9.88 Å². The Morgan fingerprint density at radius 2 is 2.10 bits per heavy atom. The molecule has 1 amide bonds. The zero-order valence-electron chi connectivity index (χ0n) is 13.0. The number of carbonyl (C=O) groups excluding carboxylic acids is 1. The zero-order valence-corrected chi connectivity index (χ0v) is 13.0. The number of hydrogen-bond acceptors (Lipinski definition) is 4. The van der Waals surface area contributed by atoms with Gasteiger partial charge >= 0.3 is 0 Å². The van der Waals surface area contributed by atoms with Gasteiger partial charge in [0.05, 0.1) is 23.5 Å². The standard InChI is InChI=1S/C16H24N2O3/c1-12(2)21-14-8-13(9-17-10-14)15(19)18(3)11-16(20)6-4-5-7-16/h8-10,12,20H,4-7,11H2,1-3H3. The maximum atomic E-state index is 12.4. The Morgan fingerprint density at radius 3 is 2.71 bits per heavy atom. The van der Waals surface area contributed by atoms with Crippen molar-refractivity contribution < 1.29 is 14.6 Å². The van der Waals surface area contributed by atoms with Crippen LogP contribution in [0.4, 0.5) is 0 Å². The predicted molar refractivity (Wildman–Crippen MR) is 80.4 cm³/mol. The van der Waals surface area contributed by atoms with Crippen LogP contribution >= 0.6 is 0 Å². The second kappa shape index (κ2) is 6.43. The molecule has 0 bridgehead atoms. The van der Waals surface area contributed by atoms with Gasteiger partial charge in [-0.2, -0.15) is 0 Å². The van der Waals surface area contributed by atoms with E-state index in [4.69, 9.17) is 4.74 Å². The third kappa shape index (κ3) is 4.17. The van der Waals surface area contributed by atoms with Crippen molar-refractivity contribution in [1.29, 1.82) is 0 Å². The quantitative estimate of drug-likeness (QED) is 0.904. The summed E-state index contributed by atoms with van der Waals surface area (Å²) < 4.78 is 5.56. The van der Waals surface area contributed by atoms with Gasteiger partial charge in [0, 0.05) is 19.8 Å². The van der Waals surface area contributed by atoms with E-state index in [2.05, 4.69) is 4.98 Å². The van der Waals surface area contributed by atoms with Crippen LogP contribution in [-0.2, 0) is 0 Å². The molecule has 1 heterocycles. The Morgan fingerprint density at radius 1 is 1.43 bits per heavy atom. The van der Waals surface area contributed by atoms with E-state index in [1.165, 1.54) is 6.20 Å². The molecular weight excluding hydrogens is 268 g/mol. The molecule has 0 aromatic carbocycles. The van der Waals surface area contributed by atoms with Crippen LogP contribution in [0.3, 0.4) is 0 Å². The lowest BCUT2D eigenvalue weighted by molar-refractivity contribution is 0.0156. The van der Waals surface area contributed by atoms with Crippen LogP contribution in [0.2, 0.25) is 0 Å². The van der Waals surface area contributed by atoms with Gasteiger partial charge in [-0.25, -0.2) is 0 Å². The Kier molecular flexibility index (Phi) is 4.83. The maximum absolute atomic E-state index is 12.4. The fourth-order valence-corrected chi connectivity index (χ4v) is 2.80. The number of carbonyl (C=O) groups is 1. The highest BCUT2D eigenvalue weighted by atomic mass is 16.5. The van der Waals surface area contributed by atoms with Gasteiger partial charge in [0.25, 0.3) is 5.91 Å². The van der Waals surface area contributed by atoms with E-state index >= 15 is 0 Å². The maximum Gasteiger partial charge on any atom is 0.255 e. The molecular formula is C16H24N2O3. The van der Waals surface area contributed by atoms with Gasteiger partial charge in [-0.15, -0.1) is 0 Å². The summed E-state index contributed by atoms with van der Waals surface area (Å²) in [5.41, 5.74) is -0.249. The largest absolute Gasteiger partial charge is 0.489 e. The lowest BCUT2D eigenvalue weighted by Gasteiger charge is -2.28. The second-order valence-electron chi connectivity index (χ2n) is 6.17. The third-order valence-corrected chi connectivity index (χ3v) is 3.74. The molecule has 0 aliphatic heterocycles. The summed E-state index contributed by atoms with van der Waals surface area (Å²) >= 11 is 0. The van der Waals surface area contributed by atoms with E-state index in [9.17, 15) is 9.90 Å². The van der Waals surface area contributed by atoms with Crippen LogP contribution in [0.25, 0.3) is 0 Å². The highest BCUT2D eigenvalue weighted by molar-refractivity contribution is 5.94. The minimum Gasteiger partial charge on any atom is -0.489 e. The number of rotatable bonds is 5. The summed E-state index contributed by atoms with van der Waals surface area (Å²) in [6.07, 6.45) is 6.74. The molecule has 1 aromatic rings. The van der Waals surface area contributed by atoms with Crippen molar-refractivity contribution in [3.63, 3.8) is 0 Å². The molecule has 1 aliphatic rings. The molecule has 1 N–H and O–H groups in total. The lowest BCUT2D eigenvalue weighted by atomic mass is 10.0. The molecule has 116 valence electrons. The van der Waals surface area contributed by atoms with Crippen molar-refractivity contribution >= 4 is 5.91 Å². The minimum absolute atomic E-state index is 0.0362. The number of aromatic nitrogens is 1. The van der Waals surface area contributed by atoms with Gasteiger partial charge in [-0.1, -0.05) is 12.8 Å². The molecule has 5 nitrogen and oxygen atoms in total. The first-order chi connectivity index (χ1) is 9.89. The molecule has 5 heteroatoms. The number of hydrogen-bond donors (Lipinski definition) is 1. The van der Waals surface area contributed by atoms with Gasteiger partial charge in [0.15, 0.2) is 0 Å². The molecule has 0 spiro atoms. The summed E-state index contributed by atoms with van der Waals surface area (Å²) in [4.78, 5) is 18.1. The number of likely N-dealkylation sites (N-methyl/N-ethyl adjacent to an activating group) is 1. The van der Waals surface area contributed by atoms with E-state index in [0.29, 0.717) is 17.9 Å². The van der Waals surface area contributed by atoms with Crippen LogP contribution < -0.4 is 4.74 Å². The van der Waals surface area contributed by atoms with Gasteiger partial charge in [0.2, 0.25) is 0 Å². The van der Waals surface area contributed by atoms with Crippen LogP contribution in [0.15, 0.2) is 18.5 Å². The molecule has 1 saturated carbocycles. The highest BCUT2D eigenvalue weighted by Crippen LogP contribution is 2.30. The monoisotopic (exact) mass is 292 g/mol. The highest BCUT2D eigenvalue weighted by Gasteiger charge is 2.33. The van der Waals surface area contributed by atoms with Crippen LogP contribution in [0, 0.1) is 0 Å². The smallest absolute Gasteiger partial charge is 0.255 e. The van der Waals surface area contributed by atoms with E-state index in [1.807, 2.05) is 13.8 Å². The third-order valence-electron chi connectivity index (χ3n) is 3.74. The van der Waals surface area contributed by atoms with Crippen LogP contribution in [-0.4, -0.2) is 46.2 Å². The molecule has 1 aliphatic carbocycles. The lowest BCUT2D eigenvalue weighted by Crippen LogP contribution is -2.42. The Balaban J connectivity index is 2.04. The number of pyridine rings is 1. The van der Waals surface area contributed by atoms with Crippen molar-refractivity contribution in [3.05, 3.63) is 24.0 Å². The first kappa shape index (κ1) is 15.8. The number of aliphatic hydroxyl groups is 1. The normalized spacial score (nSPS) is 17.0. The van der Waals surface area contributed by atoms with Crippen molar-refractivity contribution in [2.45, 2.75) is 51.2 Å². The molecule has 0 saturated heterocycles. The van der Waals surface area contributed by atoms with Crippen molar-refractivity contribution in [2.75, 3.05) is 13.6 Å². The SMILES string of the molecule is CC(C)Oc1cncc(C(=O)N(C)CC2(O)CCCC2)c1. The van der Waals surface area contributed by atoms with Gasteiger partial charge in [0.1, 0.15) is 5.75 Å². The molecule has 1 aromatic heterocycles. The van der Waals surface area contributed by atoms with Crippen LogP contribution in [0.1, 0.15) is 49.9 Å². The average Bonchev–Trinajstić information content (AvgIpc) is 2.83. The molecule has 0 radical (unpaired) electrons. The van der Waals surface area contributed by atoms with E-state index in [1.54, 1.807) is 24.2 Å². The minimum atomic E-state index is -0.732. The average molecular weight is 292 g/mol. The predicted octanol–water partition coefficient (Wildman–Crippen LogP) is 2.25. The van der Waals surface area contributed by atoms with Crippen molar-refractivity contribution in [2.24, 2.45) is 0 Å². The van der Waals surface area contributed by atoms with Crippen LogP contribution in [0.5, 0.6) is 5.75 Å². The molecule has 21 heavy (non-hydrogen) atoms. The Labute approximate surface area is 125 Å². The van der Waals surface area contributed by atoms with E-state index in [0.717, 1.165) is 25.7 Å². The van der Waals surface area contributed by atoms with E-state index < -0.39 is 5.60 Å². The Hall–Kier alpha value is -1.62. The molecule has 0 atom stereocenters. The molecule has 1 fully saturated rings. The topological polar surface area (TPSA) is 62.7 Å². The first-order valence-corrected chi connectivity index (χ1v) is 7.49. The number of ether oxygens (including phenoxy) is 1. The summed E-state index contributed by atoms with van der Waals surface area (Å²) in [5.74, 6) is 0.445. The summed E-state index contributed by atoms with van der Waals surface area (Å²) in [7, 11) is 1.72. The summed E-state index contributed by atoms with van der Waals surface area (Å²) in [6.45, 7) is 4.22. The van der Waals surface area contributed by atoms with Gasteiger partial charge < -0.3 is 14.7 Å². The second-order valence-corrected chi connectivity index (χ2v) is 6.17. The number of nitrogens with zero attached hydrogens (tertiary/aromatic N) is 2. The van der Waals surface area contributed by atoms with Gasteiger partial charge in [-0.3, -0.25) is 9.78 Å². The molecule has 2 rings (SSSR count). The zero-order chi connectivity index (χ0) is 15.5. The summed E-state index contributed by atoms with van der Waals surface area (Å²) in [6, 6.07) is 1.70. The number of amides is 1. The summed E-state index contributed by atoms with van der Waals surface area (Å²) in [5, 5.41) is 10.4. The van der Waals surface area contributed by atoms with Gasteiger partial charge in [-0.05, 0) is 32.8 Å².